The number of halogens is 1. The highest BCUT2D eigenvalue weighted by atomic mass is 35.5. The molecule has 0 amide bonds. The topological polar surface area (TPSA) is 46.5 Å². The molecule has 0 atom stereocenters. The predicted molar refractivity (Wildman–Crippen MR) is 29.4 cm³/mol. The Labute approximate surface area is 53.1 Å². The van der Waals surface area contributed by atoms with Crippen molar-refractivity contribution in [3.05, 3.63) is 0 Å². The fourth-order valence-electron chi connectivity index (χ4n) is 0.328. The van der Waals surface area contributed by atoms with Gasteiger partial charge in [-0.05, 0) is 12.8 Å². The maximum Gasteiger partial charge on any atom is 0.506 e. The van der Waals surface area contributed by atoms with Crippen LogP contribution in [0.3, 0.4) is 0 Å². The summed E-state index contributed by atoms with van der Waals surface area (Å²) in [5.74, 6) is 0. The zero-order chi connectivity index (χ0) is 5.28. The summed E-state index contributed by atoms with van der Waals surface area (Å²) in [6.45, 7) is 0. The maximum atomic E-state index is 9.63. The quantitative estimate of drug-likeness (QED) is 0.555. The van der Waals surface area contributed by atoms with E-state index in [-0.39, 0.29) is 18.5 Å². The lowest BCUT2D eigenvalue weighted by molar-refractivity contribution is 0.0851. The molecule has 3 nitrogen and oxygen atoms in total. The van der Waals surface area contributed by atoms with Gasteiger partial charge in [0, 0.05) is 0 Å². The van der Waals surface area contributed by atoms with Gasteiger partial charge in [0.1, 0.15) is 6.10 Å². The van der Waals surface area contributed by atoms with Crippen LogP contribution in [0.4, 0.5) is 4.79 Å². The molecular formula is C4H7ClO3. The Morgan fingerprint density at radius 3 is 2.25 bits per heavy atom. The van der Waals surface area contributed by atoms with Crippen LogP contribution in [0, 0.1) is 0 Å². The third-order valence-corrected chi connectivity index (χ3v) is 0.792. The van der Waals surface area contributed by atoms with E-state index < -0.39 is 6.16 Å². The van der Waals surface area contributed by atoms with Gasteiger partial charge in [0.05, 0.1) is 0 Å². The van der Waals surface area contributed by atoms with E-state index in [1.54, 1.807) is 0 Å². The van der Waals surface area contributed by atoms with Gasteiger partial charge in [-0.25, -0.2) is 4.79 Å². The van der Waals surface area contributed by atoms with Gasteiger partial charge in [0.15, 0.2) is 0 Å². The first-order valence-electron chi connectivity index (χ1n) is 2.18. The maximum absolute atomic E-state index is 9.63. The molecule has 8 heavy (non-hydrogen) atoms. The Morgan fingerprint density at radius 1 is 1.62 bits per heavy atom. The Bertz CT molecular complexity index is 89.3. The van der Waals surface area contributed by atoms with Gasteiger partial charge in [-0.15, -0.1) is 12.4 Å². The van der Waals surface area contributed by atoms with Crippen molar-refractivity contribution in [2.75, 3.05) is 0 Å². The molecule has 0 bridgehead atoms. The van der Waals surface area contributed by atoms with Gasteiger partial charge in [-0.3, -0.25) is 0 Å². The van der Waals surface area contributed by atoms with Crippen LogP contribution in [0.15, 0.2) is 0 Å². The Morgan fingerprint density at radius 2 is 2.12 bits per heavy atom. The average Bonchev–Trinajstić information content (AvgIpc) is 2.17. The molecule has 1 aliphatic carbocycles. The highest BCUT2D eigenvalue weighted by Gasteiger charge is 2.25. The highest BCUT2D eigenvalue weighted by Crippen LogP contribution is 2.22. The van der Waals surface area contributed by atoms with Gasteiger partial charge in [0.25, 0.3) is 0 Å². The van der Waals surface area contributed by atoms with Crippen LogP contribution in [0.2, 0.25) is 0 Å². The molecule has 1 saturated carbocycles. The molecule has 0 aliphatic heterocycles. The summed E-state index contributed by atoms with van der Waals surface area (Å²) in [5, 5.41) is 7.90. The smallest absolute Gasteiger partial charge is 0.450 e. The molecule has 0 radical (unpaired) electrons. The molecule has 1 fully saturated rings. The normalized spacial score (nSPS) is 16.5. The van der Waals surface area contributed by atoms with Gasteiger partial charge >= 0.3 is 6.16 Å². The van der Waals surface area contributed by atoms with Crippen molar-refractivity contribution >= 4 is 18.6 Å². The zero-order valence-electron chi connectivity index (χ0n) is 4.16. The first-order valence-corrected chi connectivity index (χ1v) is 2.18. The van der Waals surface area contributed by atoms with Gasteiger partial charge in [-0.2, -0.15) is 0 Å². The lowest BCUT2D eigenvalue weighted by atomic mass is 10.8. The van der Waals surface area contributed by atoms with E-state index >= 15 is 0 Å². The van der Waals surface area contributed by atoms with Crippen LogP contribution < -0.4 is 0 Å². The van der Waals surface area contributed by atoms with Crippen LogP contribution in [0.1, 0.15) is 12.8 Å². The predicted octanol–water partition coefficient (Wildman–Crippen LogP) is 1.27. The minimum Gasteiger partial charge on any atom is -0.450 e. The van der Waals surface area contributed by atoms with E-state index in [0.29, 0.717) is 0 Å². The fourth-order valence-corrected chi connectivity index (χ4v) is 0.328. The summed E-state index contributed by atoms with van der Waals surface area (Å²) in [4.78, 5) is 9.63. The Balaban J connectivity index is 0.000000490. The molecule has 1 rings (SSSR count). The number of rotatable bonds is 1. The second-order valence-electron chi connectivity index (χ2n) is 1.58. The minimum atomic E-state index is -1.15. The van der Waals surface area contributed by atoms with Gasteiger partial charge in [-0.1, -0.05) is 0 Å². The Hall–Kier alpha value is -0.440. The van der Waals surface area contributed by atoms with Crippen molar-refractivity contribution in [3.8, 4) is 0 Å². The summed E-state index contributed by atoms with van der Waals surface area (Å²) in [5.41, 5.74) is 0. The summed E-state index contributed by atoms with van der Waals surface area (Å²) in [6.07, 6.45) is 0.693. The molecule has 48 valence electrons. The van der Waals surface area contributed by atoms with Crippen LogP contribution in [0.5, 0.6) is 0 Å². The second-order valence-corrected chi connectivity index (χ2v) is 1.58. The largest absolute Gasteiger partial charge is 0.506 e. The molecular weight excluding hydrogens is 131 g/mol. The summed E-state index contributed by atoms with van der Waals surface area (Å²) >= 11 is 0. The standard InChI is InChI=1S/C4H6O3.ClH/c5-4(6)7-3-1-2-3;/h3H,1-2H2,(H,5,6);1H. The lowest BCUT2D eigenvalue weighted by Gasteiger charge is -1.90. The van der Waals surface area contributed by atoms with E-state index in [1.807, 2.05) is 0 Å². The molecule has 0 aromatic carbocycles. The van der Waals surface area contributed by atoms with Crippen molar-refractivity contribution in [3.63, 3.8) is 0 Å². The van der Waals surface area contributed by atoms with E-state index in [9.17, 15) is 4.79 Å². The van der Waals surface area contributed by atoms with Gasteiger partial charge < -0.3 is 9.84 Å². The molecule has 0 aromatic heterocycles. The van der Waals surface area contributed by atoms with E-state index in [0.717, 1.165) is 12.8 Å². The van der Waals surface area contributed by atoms with E-state index in [1.165, 1.54) is 0 Å². The second kappa shape index (κ2) is 2.77. The zero-order valence-corrected chi connectivity index (χ0v) is 4.98. The Kier molecular flexibility index (Phi) is 2.62. The molecule has 1 N–H and O–H groups in total. The number of carbonyl (C=O) groups is 1. The van der Waals surface area contributed by atoms with Crippen molar-refractivity contribution in [1.82, 2.24) is 0 Å². The minimum absolute atomic E-state index is 0. The third kappa shape index (κ3) is 2.69. The molecule has 4 heteroatoms. The van der Waals surface area contributed by atoms with E-state index in [2.05, 4.69) is 4.74 Å². The van der Waals surface area contributed by atoms with Crippen LogP contribution in [-0.4, -0.2) is 17.4 Å². The highest BCUT2D eigenvalue weighted by molar-refractivity contribution is 5.85. The van der Waals surface area contributed by atoms with Crippen molar-refractivity contribution in [1.29, 1.82) is 0 Å². The van der Waals surface area contributed by atoms with Crippen LogP contribution in [0.25, 0.3) is 0 Å². The van der Waals surface area contributed by atoms with E-state index in [4.69, 9.17) is 5.11 Å². The number of carboxylic acid groups (broad SMARTS) is 1. The summed E-state index contributed by atoms with van der Waals surface area (Å²) in [6, 6.07) is 0. The number of hydrogen-bond acceptors (Lipinski definition) is 2. The first-order chi connectivity index (χ1) is 3.29. The molecule has 0 heterocycles. The molecule has 1 aliphatic rings. The van der Waals surface area contributed by atoms with Crippen molar-refractivity contribution < 1.29 is 14.6 Å². The molecule has 0 spiro atoms. The molecule has 0 unspecified atom stereocenters. The fraction of sp³-hybridized carbons (Fsp3) is 0.750. The average molecular weight is 139 g/mol. The van der Waals surface area contributed by atoms with Crippen LogP contribution >= 0.6 is 12.4 Å². The molecule has 0 saturated heterocycles. The first kappa shape index (κ1) is 7.56. The van der Waals surface area contributed by atoms with Gasteiger partial charge in [0.2, 0.25) is 0 Å². The monoisotopic (exact) mass is 138 g/mol. The number of hydrogen-bond donors (Lipinski definition) is 1. The SMILES string of the molecule is Cl.O=C(O)OC1CC1. The summed E-state index contributed by atoms with van der Waals surface area (Å²) < 4.78 is 4.28. The lowest BCUT2D eigenvalue weighted by Crippen LogP contribution is -2.00. The number of ether oxygens (including phenoxy) is 1. The summed E-state index contributed by atoms with van der Waals surface area (Å²) in [7, 11) is 0. The third-order valence-electron chi connectivity index (χ3n) is 0.792. The molecule has 0 aromatic rings. The van der Waals surface area contributed by atoms with Crippen LogP contribution in [-0.2, 0) is 4.74 Å². The van der Waals surface area contributed by atoms with Crippen molar-refractivity contribution in [2.24, 2.45) is 0 Å². The van der Waals surface area contributed by atoms with Crippen molar-refractivity contribution in [2.45, 2.75) is 18.9 Å².